The predicted molar refractivity (Wildman–Crippen MR) is 109 cm³/mol. The summed E-state index contributed by atoms with van der Waals surface area (Å²) in [5.74, 6) is 0.715. The highest BCUT2D eigenvalue weighted by Crippen LogP contribution is 2.28. The fourth-order valence-electron chi connectivity index (χ4n) is 3.68. The Bertz CT molecular complexity index is 1310. The average molecular weight is 368 g/mol. The predicted octanol–water partition coefficient (Wildman–Crippen LogP) is 4.11. The van der Waals surface area contributed by atoms with Gasteiger partial charge in [0.05, 0.1) is 17.6 Å². The summed E-state index contributed by atoms with van der Waals surface area (Å²) >= 11 is 0. The van der Waals surface area contributed by atoms with E-state index in [1.807, 2.05) is 36.5 Å². The van der Waals surface area contributed by atoms with E-state index in [1.54, 1.807) is 10.8 Å². The molecule has 0 spiro atoms. The first-order valence-electron chi connectivity index (χ1n) is 9.29. The van der Waals surface area contributed by atoms with Gasteiger partial charge in [0.2, 0.25) is 0 Å². The largest absolute Gasteiger partial charge is 0.323 e. The maximum atomic E-state index is 4.86. The third-order valence-electron chi connectivity index (χ3n) is 5.27. The van der Waals surface area contributed by atoms with Crippen LogP contribution in [-0.4, -0.2) is 29.1 Å². The van der Waals surface area contributed by atoms with E-state index in [1.165, 1.54) is 16.8 Å². The van der Waals surface area contributed by atoms with Crippen LogP contribution in [0, 0.1) is 20.8 Å². The summed E-state index contributed by atoms with van der Waals surface area (Å²) in [6, 6.07) is 14.2. The molecule has 0 atom stereocenters. The average Bonchev–Trinajstić information content (AvgIpc) is 3.24. The van der Waals surface area contributed by atoms with E-state index >= 15 is 0 Å². The van der Waals surface area contributed by atoms with Crippen molar-refractivity contribution in [2.24, 2.45) is 0 Å². The zero-order valence-electron chi connectivity index (χ0n) is 16.1. The third-order valence-corrected chi connectivity index (χ3v) is 5.27. The molecule has 0 N–H and O–H groups in total. The van der Waals surface area contributed by atoms with E-state index in [9.17, 15) is 0 Å². The molecule has 0 bridgehead atoms. The number of aromatic nitrogens is 6. The van der Waals surface area contributed by atoms with Crippen molar-refractivity contribution in [3.05, 3.63) is 77.5 Å². The molecule has 0 saturated carbocycles. The number of benzene rings is 1. The van der Waals surface area contributed by atoms with Crippen molar-refractivity contribution >= 4 is 16.7 Å². The summed E-state index contributed by atoms with van der Waals surface area (Å²) in [7, 11) is 0. The van der Waals surface area contributed by atoms with Gasteiger partial charge in [0.15, 0.2) is 11.5 Å². The Balaban J connectivity index is 1.71. The Hall–Kier alpha value is -3.54. The van der Waals surface area contributed by atoms with Crippen LogP contribution in [0.25, 0.3) is 28.1 Å². The molecule has 0 aliphatic carbocycles. The van der Waals surface area contributed by atoms with Gasteiger partial charge in [-0.1, -0.05) is 29.8 Å². The molecule has 0 unspecified atom stereocenters. The molecule has 5 aromatic rings. The maximum absolute atomic E-state index is 4.86. The van der Waals surface area contributed by atoms with Crippen molar-refractivity contribution < 1.29 is 0 Å². The summed E-state index contributed by atoms with van der Waals surface area (Å²) in [6.07, 6.45) is 3.57. The maximum Gasteiger partial charge on any atom is 0.182 e. The highest BCUT2D eigenvalue weighted by Gasteiger charge is 2.18. The molecule has 0 aliphatic heterocycles. The van der Waals surface area contributed by atoms with Crippen molar-refractivity contribution in [3.8, 4) is 11.4 Å². The summed E-state index contributed by atoms with van der Waals surface area (Å²) in [6.45, 7) is 6.99. The monoisotopic (exact) mass is 368 g/mol. The van der Waals surface area contributed by atoms with Gasteiger partial charge in [0.25, 0.3) is 0 Å². The number of hydrogen-bond donors (Lipinski definition) is 0. The van der Waals surface area contributed by atoms with E-state index in [-0.39, 0.29) is 0 Å². The Kier molecular flexibility index (Phi) is 3.72. The quantitative estimate of drug-likeness (QED) is 0.481. The number of pyridine rings is 1. The fraction of sp³-hybridized carbons (Fsp3) is 0.182. The zero-order chi connectivity index (χ0) is 19.3. The van der Waals surface area contributed by atoms with Crippen molar-refractivity contribution in [2.45, 2.75) is 27.3 Å². The van der Waals surface area contributed by atoms with Crippen molar-refractivity contribution in [3.63, 3.8) is 0 Å². The number of nitrogens with zero attached hydrogens (tertiary/aromatic N) is 6. The highest BCUT2D eigenvalue weighted by molar-refractivity contribution is 5.94. The Morgan fingerprint density at radius 2 is 1.82 bits per heavy atom. The lowest BCUT2D eigenvalue weighted by Crippen LogP contribution is -2.04. The van der Waals surface area contributed by atoms with E-state index in [0.717, 1.165) is 27.9 Å². The van der Waals surface area contributed by atoms with Gasteiger partial charge in [-0.2, -0.15) is 0 Å². The van der Waals surface area contributed by atoms with E-state index in [0.29, 0.717) is 12.4 Å². The minimum atomic E-state index is 0.680. The molecule has 1 aromatic carbocycles. The summed E-state index contributed by atoms with van der Waals surface area (Å²) in [4.78, 5) is 14.0. The summed E-state index contributed by atoms with van der Waals surface area (Å²) in [5, 5.41) is 5.70. The number of fused-ring (bicyclic) bond motifs is 3. The zero-order valence-corrected chi connectivity index (χ0v) is 16.1. The van der Waals surface area contributed by atoms with Gasteiger partial charge in [-0.3, -0.25) is 4.98 Å². The van der Waals surface area contributed by atoms with Crippen LogP contribution in [0.4, 0.5) is 0 Å². The van der Waals surface area contributed by atoms with Gasteiger partial charge in [-0.15, -0.1) is 5.10 Å². The molecule has 0 radical (unpaired) electrons. The molecular weight excluding hydrogens is 348 g/mol. The second-order valence-corrected chi connectivity index (χ2v) is 7.13. The van der Waals surface area contributed by atoms with Gasteiger partial charge in [-0.25, -0.2) is 14.5 Å². The molecule has 0 amide bonds. The third kappa shape index (κ3) is 2.57. The topological polar surface area (TPSA) is 60.9 Å². The van der Waals surface area contributed by atoms with E-state index in [4.69, 9.17) is 9.97 Å². The number of rotatable bonds is 3. The molecule has 6 nitrogen and oxygen atoms in total. The molecule has 28 heavy (non-hydrogen) atoms. The van der Waals surface area contributed by atoms with Crippen LogP contribution in [0.3, 0.4) is 0 Å². The lowest BCUT2D eigenvalue weighted by atomic mass is 10.1. The Labute approximate surface area is 162 Å². The lowest BCUT2D eigenvalue weighted by Gasteiger charge is -2.07. The molecule has 0 fully saturated rings. The van der Waals surface area contributed by atoms with Gasteiger partial charge < -0.3 is 4.57 Å². The SMILES string of the molecule is Cc1cccc(-c2nc3c4c(C)c(C)n(Cc5ccccn5)c4ncn3n2)c1. The van der Waals surface area contributed by atoms with Crippen LogP contribution in [0.1, 0.15) is 22.5 Å². The smallest absolute Gasteiger partial charge is 0.182 e. The van der Waals surface area contributed by atoms with Gasteiger partial charge in [0.1, 0.15) is 12.0 Å². The van der Waals surface area contributed by atoms with Crippen LogP contribution in [-0.2, 0) is 6.54 Å². The van der Waals surface area contributed by atoms with Gasteiger partial charge >= 0.3 is 0 Å². The van der Waals surface area contributed by atoms with Crippen molar-refractivity contribution in [2.75, 3.05) is 0 Å². The van der Waals surface area contributed by atoms with E-state index in [2.05, 4.69) is 47.6 Å². The molecule has 4 aromatic heterocycles. The lowest BCUT2D eigenvalue weighted by molar-refractivity contribution is 0.766. The number of hydrogen-bond acceptors (Lipinski definition) is 4. The van der Waals surface area contributed by atoms with E-state index < -0.39 is 0 Å². The van der Waals surface area contributed by atoms with Gasteiger partial charge in [0, 0.05) is 17.5 Å². The molecular formula is C22H20N6. The molecule has 0 aliphatic rings. The van der Waals surface area contributed by atoms with Crippen LogP contribution >= 0.6 is 0 Å². The number of aryl methyl sites for hydroxylation is 2. The minimum absolute atomic E-state index is 0.680. The molecule has 6 heteroatoms. The van der Waals surface area contributed by atoms with Crippen LogP contribution in [0.15, 0.2) is 55.0 Å². The van der Waals surface area contributed by atoms with Crippen LogP contribution in [0.5, 0.6) is 0 Å². The van der Waals surface area contributed by atoms with Crippen molar-refractivity contribution in [1.29, 1.82) is 0 Å². The van der Waals surface area contributed by atoms with Crippen molar-refractivity contribution in [1.82, 2.24) is 29.1 Å². The highest BCUT2D eigenvalue weighted by atomic mass is 15.3. The second kappa shape index (κ2) is 6.27. The first kappa shape index (κ1) is 16.6. The molecule has 138 valence electrons. The first-order chi connectivity index (χ1) is 13.6. The van der Waals surface area contributed by atoms with Crippen LogP contribution < -0.4 is 0 Å². The normalized spacial score (nSPS) is 11.5. The molecule has 4 heterocycles. The summed E-state index contributed by atoms with van der Waals surface area (Å²) < 4.78 is 3.98. The first-order valence-corrected chi connectivity index (χ1v) is 9.29. The second-order valence-electron chi connectivity index (χ2n) is 7.13. The fourth-order valence-corrected chi connectivity index (χ4v) is 3.68. The minimum Gasteiger partial charge on any atom is -0.323 e. The standard InChI is InChI=1S/C22H20N6/c1-14-7-6-8-17(11-14)20-25-22-19-15(2)16(3)27(12-18-9-4-5-10-23-18)21(19)24-13-28(22)26-20/h4-11,13H,12H2,1-3H3. The Morgan fingerprint density at radius 1 is 0.929 bits per heavy atom. The summed E-state index contributed by atoms with van der Waals surface area (Å²) in [5.41, 5.74) is 7.30. The van der Waals surface area contributed by atoms with Gasteiger partial charge in [-0.05, 0) is 44.5 Å². The molecule has 0 saturated heterocycles. The Morgan fingerprint density at radius 3 is 2.61 bits per heavy atom. The molecule has 5 rings (SSSR count). The van der Waals surface area contributed by atoms with Crippen LogP contribution in [0.2, 0.25) is 0 Å².